The number of nitrogens with zero attached hydrogens (tertiary/aromatic N) is 1. The molecule has 6 atom stereocenters. The lowest BCUT2D eigenvalue weighted by atomic mass is 9.70. The van der Waals surface area contributed by atoms with Crippen molar-refractivity contribution >= 4 is 17.7 Å². The number of carbonyl (C=O) groups excluding carboxylic acids is 3. The Morgan fingerprint density at radius 2 is 1.86 bits per heavy atom. The molecular formula is C27H47N3O5. The van der Waals surface area contributed by atoms with Crippen molar-refractivity contribution in [3.05, 3.63) is 0 Å². The van der Waals surface area contributed by atoms with Crippen LogP contribution in [0.15, 0.2) is 0 Å². The fourth-order valence-corrected chi connectivity index (χ4v) is 7.04. The molecule has 3 fully saturated rings. The highest BCUT2D eigenvalue weighted by molar-refractivity contribution is 5.99. The van der Waals surface area contributed by atoms with Gasteiger partial charge in [0.15, 0.2) is 0 Å². The zero-order valence-electron chi connectivity index (χ0n) is 22.9. The SMILES string of the molecule is CCCNC(=O)[C@@H]1[C@@H]2CCC3(O2)C(C(=O)NC(C)(C)CC(C)(C)C)N([C@@H](CO)CC(C)C)C(=O)[C@H]13. The Kier molecular flexibility index (Phi) is 7.98. The summed E-state index contributed by atoms with van der Waals surface area (Å²) < 4.78 is 6.48. The summed E-state index contributed by atoms with van der Waals surface area (Å²) in [6.07, 6.45) is 2.96. The molecule has 0 aliphatic carbocycles. The average molecular weight is 494 g/mol. The van der Waals surface area contributed by atoms with Crippen molar-refractivity contribution < 1.29 is 24.2 Å². The molecule has 1 spiro atoms. The first-order chi connectivity index (χ1) is 16.2. The van der Waals surface area contributed by atoms with Gasteiger partial charge in [0.2, 0.25) is 17.7 Å². The highest BCUT2D eigenvalue weighted by Crippen LogP contribution is 2.59. The number of fused-ring (bicyclic) bond motifs is 1. The summed E-state index contributed by atoms with van der Waals surface area (Å²) in [6.45, 7) is 16.7. The van der Waals surface area contributed by atoms with Crippen LogP contribution in [0.2, 0.25) is 0 Å². The van der Waals surface area contributed by atoms with Gasteiger partial charge < -0.3 is 25.4 Å². The topological polar surface area (TPSA) is 108 Å². The van der Waals surface area contributed by atoms with E-state index in [9.17, 15) is 19.5 Å². The second-order valence-electron chi connectivity index (χ2n) is 13.2. The number of hydrogen-bond donors (Lipinski definition) is 3. The molecule has 8 heteroatoms. The zero-order chi connectivity index (χ0) is 26.3. The minimum atomic E-state index is -1.04. The van der Waals surface area contributed by atoms with Crippen molar-refractivity contribution in [1.82, 2.24) is 15.5 Å². The third kappa shape index (κ3) is 5.38. The first-order valence-corrected chi connectivity index (χ1v) is 13.4. The van der Waals surface area contributed by atoms with Crippen molar-refractivity contribution in [1.29, 1.82) is 0 Å². The Bertz CT molecular complexity index is 820. The number of rotatable bonds is 10. The molecule has 3 rings (SSSR count). The van der Waals surface area contributed by atoms with Gasteiger partial charge in [-0.2, -0.15) is 0 Å². The molecule has 3 aliphatic heterocycles. The van der Waals surface area contributed by atoms with Gasteiger partial charge in [0.05, 0.1) is 30.6 Å². The number of likely N-dealkylation sites (tertiary alicyclic amines) is 1. The Morgan fingerprint density at radius 1 is 1.20 bits per heavy atom. The summed E-state index contributed by atoms with van der Waals surface area (Å²) in [6, 6.07) is -1.38. The lowest BCUT2D eigenvalue weighted by molar-refractivity contribution is -0.146. The predicted molar refractivity (Wildman–Crippen MR) is 134 cm³/mol. The summed E-state index contributed by atoms with van der Waals surface area (Å²) in [4.78, 5) is 42.8. The minimum Gasteiger partial charge on any atom is -0.394 e. The molecule has 3 heterocycles. The van der Waals surface area contributed by atoms with E-state index in [1.54, 1.807) is 4.90 Å². The van der Waals surface area contributed by atoms with Gasteiger partial charge in [-0.25, -0.2) is 0 Å². The number of carbonyl (C=O) groups is 3. The van der Waals surface area contributed by atoms with Crippen LogP contribution in [0.4, 0.5) is 0 Å². The van der Waals surface area contributed by atoms with E-state index in [2.05, 4.69) is 31.4 Å². The maximum Gasteiger partial charge on any atom is 0.246 e. The zero-order valence-corrected chi connectivity index (χ0v) is 22.9. The molecule has 0 aromatic heterocycles. The van der Waals surface area contributed by atoms with Gasteiger partial charge in [0, 0.05) is 12.1 Å². The lowest BCUT2D eigenvalue weighted by Crippen LogP contribution is -2.61. The van der Waals surface area contributed by atoms with Crippen molar-refractivity contribution in [3.63, 3.8) is 0 Å². The van der Waals surface area contributed by atoms with Crippen LogP contribution in [0, 0.1) is 23.2 Å². The third-order valence-electron chi connectivity index (χ3n) is 7.62. The van der Waals surface area contributed by atoms with Crippen LogP contribution < -0.4 is 10.6 Å². The molecule has 0 aromatic carbocycles. The van der Waals surface area contributed by atoms with Crippen LogP contribution in [0.3, 0.4) is 0 Å². The normalized spacial score (nSPS) is 31.1. The summed E-state index contributed by atoms with van der Waals surface area (Å²) in [5.41, 5.74) is -1.54. The van der Waals surface area contributed by atoms with Gasteiger partial charge in [-0.05, 0) is 57.3 Å². The molecule has 0 saturated carbocycles. The van der Waals surface area contributed by atoms with E-state index in [4.69, 9.17) is 4.74 Å². The number of ether oxygens (including phenoxy) is 1. The molecule has 0 radical (unpaired) electrons. The third-order valence-corrected chi connectivity index (χ3v) is 7.62. The van der Waals surface area contributed by atoms with Gasteiger partial charge in [0.25, 0.3) is 0 Å². The number of amides is 3. The first-order valence-electron chi connectivity index (χ1n) is 13.4. The number of nitrogens with one attached hydrogen (secondary N) is 2. The van der Waals surface area contributed by atoms with Gasteiger partial charge in [0.1, 0.15) is 11.6 Å². The second kappa shape index (κ2) is 10.0. The second-order valence-corrected chi connectivity index (χ2v) is 13.2. The van der Waals surface area contributed by atoms with E-state index in [1.807, 2.05) is 34.6 Å². The highest BCUT2D eigenvalue weighted by atomic mass is 16.5. The largest absolute Gasteiger partial charge is 0.394 e. The molecular weight excluding hydrogens is 446 g/mol. The maximum atomic E-state index is 14.0. The lowest BCUT2D eigenvalue weighted by Gasteiger charge is -2.40. The summed E-state index contributed by atoms with van der Waals surface area (Å²) in [7, 11) is 0. The predicted octanol–water partition coefficient (Wildman–Crippen LogP) is 2.63. The molecule has 3 amide bonds. The Labute approximate surface area is 210 Å². The minimum absolute atomic E-state index is 0.00116. The summed E-state index contributed by atoms with van der Waals surface area (Å²) in [5, 5.41) is 16.5. The smallest absolute Gasteiger partial charge is 0.246 e. The van der Waals surface area contributed by atoms with Crippen LogP contribution in [-0.2, 0) is 19.1 Å². The molecule has 3 N–H and O–H groups in total. The molecule has 8 nitrogen and oxygen atoms in total. The summed E-state index contributed by atoms with van der Waals surface area (Å²) >= 11 is 0. The van der Waals surface area contributed by atoms with Gasteiger partial charge in [-0.15, -0.1) is 0 Å². The maximum absolute atomic E-state index is 14.0. The van der Waals surface area contributed by atoms with Crippen LogP contribution in [0.25, 0.3) is 0 Å². The molecule has 2 unspecified atom stereocenters. The average Bonchev–Trinajstić information content (AvgIpc) is 3.35. The molecule has 3 aliphatic rings. The van der Waals surface area contributed by atoms with Crippen molar-refractivity contribution in [3.8, 4) is 0 Å². The summed E-state index contributed by atoms with van der Waals surface area (Å²) in [5.74, 6) is -1.76. The van der Waals surface area contributed by atoms with E-state index in [1.165, 1.54) is 0 Å². The monoisotopic (exact) mass is 493 g/mol. The van der Waals surface area contributed by atoms with E-state index in [-0.39, 0.29) is 41.8 Å². The van der Waals surface area contributed by atoms with Crippen molar-refractivity contribution in [2.24, 2.45) is 23.2 Å². The van der Waals surface area contributed by atoms with Gasteiger partial charge in [-0.3, -0.25) is 14.4 Å². The van der Waals surface area contributed by atoms with E-state index in [0.717, 1.165) is 12.8 Å². The van der Waals surface area contributed by atoms with E-state index in [0.29, 0.717) is 25.8 Å². The quantitative estimate of drug-likeness (QED) is 0.434. The van der Waals surface area contributed by atoms with Gasteiger partial charge >= 0.3 is 0 Å². The van der Waals surface area contributed by atoms with E-state index < -0.39 is 35.1 Å². The van der Waals surface area contributed by atoms with Crippen molar-refractivity contribution in [2.45, 2.75) is 117 Å². The highest BCUT2D eigenvalue weighted by Gasteiger charge is 2.75. The molecule has 200 valence electrons. The number of hydrogen-bond acceptors (Lipinski definition) is 5. The fourth-order valence-electron chi connectivity index (χ4n) is 7.04. The van der Waals surface area contributed by atoms with Crippen molar-refractivity contribution in [2.75, 3.05) is 13.2 Å². The molecule has 2 bridgehead atoms. The van der Waals surface area contributed by atoms with Gasteiger partial charge in [-0.1, -0.05) is 41.5 Å². The van der Waals surface area contributed by atoms with Crippen LogP contribution in [0.5, 0.6) is 0 Å². The van der Waals surface area contributed by atoms with Crippen LogP contribution in [-0.4, -0.2) is 70.2 Å². The fraction of sp³-hybridized carbons (Fsp3) is 0.889. The molecule has 0 aromatic rings. The Balaban J connectivity index is 2.01. The van der Waals surface area contributed by atoms with Crippen LogP contribution >= 0.6 is 0 Å². The number of aliphatic hydroxyl groups excluding tert-OH is 1. The number of aliphatic hydroxyl groups is 1. The molecule has 35 heavy (non-hydrogen) atoms. The molecule has 3 saturated heterocycles. The van der Waals surface area contributed by atoms with E-state index >= 15 is 0 Å². The standard InChI is InChI=1S/C27H47N3O5/c1-9-12-28-22(32)19-18-10-11-27(35-18)20(19)24(34)30(17(14-31)13-16(2)3)21(27)23(33)29-26(7,8)15-25(4,5)6/h16-21,31H,9-15H2,1-8H3,(H,28,32)(H,29,33)/t17-,18+,19-,20+,21?,27?/m1/s1. The Morgan fingerprint density at radius 3 is 2.40 bits per heavy atom. The Hall–Kier alpha value is -1.67. The van der Waals surface area contributed by atoms with Crippen LogP contribution in [0.1, 0.15) is 87.5 Å². The first kappa shape index (κ1) is 27.9.